The molecule has 2 atom stereocenters. The van der Waals surface area contributed by atoms with Crippen LogP contribution in [-0.2, 0) is 19.1 Å². The average Bonchev–Trinajstić information content (AvgIpc) is 3.44. The summed E-state index contributed by atoms with van der Waals surface area (Å²) in [6, 6.07) is 7.94. The fourth-order valence-electron chi connectivity index (χ4n) is 4.41. The number of carbonyl (C=O) groups is 2. The summed E-state index contributed by atoms with van der Waals surface area (Å²) in [5.74, 6) is -1.96. The maximum Gasteiger partial charge on any atom is 0.251 e. The third-order valence-electron chi connectivity index (χ3n) is 6.32. The number of carbonyl (C=O) groups excluding carboxylic acids is 2. The van der Waals surface area contributed by atoms with E-state index >= 15 is 0 Å². The van der Waals surface area contributed by atoms with E-state index < -0.39 is 29.9 Å². The quantitative estimate of drug-likeness (QED) is 0.407. The number of ether oxygens (including phenoxy) is 2. The third kappa shape index (κ3) is 6.22. The number of aliphatic hydroxyl groups is 1. The Labute approximate surface area is 229 Å². The SMILES string of the molecule is COCCC(C(=O)Nc1ccc(C(N)=O)c(F)c1)N1C=C(OC)C(c2cc(Cl)ccc2C2=NOCC2)=CC1O. The predicted octanol–water partition coefficient (Wildman–Crippen LogP) is 3.25. The number of nitrogens with zero attached hydrogens (tertiary/aromatic N) is 2. The van der Waals surface area contributed by atoms with Crippen LogP contribution in [0.5, 0.6) is 0 Å². The molecule has 0 radical (unpaired) electrons. The van der Waals surface area contributed by atoms with Crippen LogP contribution in [0.2, 0.25) is 5.02 Å². The second kappa shape index (κ2) is 12.3. The summed E-state index contributed by atoms with van der Waals surface area (Å²) in [5.41, 5.74) is 7.74. The lowest BCUT2D eigenvalue weighted by Gasteiger charge is -2.36. The number of amides is 2. The number of oxime groups is 1. The van der Waals surface area contributed by atoms with Crippen LogP contribution in [0.4, 0.5) is 10.1 Å². The molecule has 2 aliphatic heterocycles. The predicted molar refractivity (Wildman–Crippen MR) is 143 cm³/mol. The molecule has 2 aromatic carbocycles. The van der Waals surface area contributed by atoms with Crippen LogP contribution >= 0.6 is 11.6 Å². The van der Waals surface area contributed by atoms with E-state index in [0.29, 0.717) is 34.9 Å². The summed E-state index contributed by atoms with van der Waals surface area (Å²) < 4.78 is 25.1. The Morgan fingerprint density at radius 1 is 1.28 bits per heavy atom. The van der Waals surface area contributed by atoms with Gasteiger partial charge >= 0.3 is 0 Å². The van der Waals surface area contributed by atoms with Crippen molar-refractivity contribution >= 4 is 40.4 Å². The molecule has 39 heavy (non-hydrogen) atoms. The van der Waals surface area contributed by atoms with E-state index in [1.54, 1.807) is 18.2 Å². The van der Waals surface area contributed by atoms with Crippen LogP contribution in [0.1, 0.15) is 34.3 Å². The Hall–Kier alpha value is -3.93. The van der Waals surface area contributed by atoms with Crippen LogP contribution in [0.3, 0.4) is 0 Å². The third-order valence-corrected chi connectivity index (χ3v) is 6.56. The van der Waals surface area contributed by atoms with Crippen molar-refractivity contribution in [2.45, 2.75) is 25.1 Å². The van der Waals surface area contributed by atoms with Crippen LogP contribution in [0.25, 0.3) is 5.57 Å². The molecular formula is C27H28ClFN4O6. The monoisotopic (exact) mass is 558 g/mol. The zero-order valence-electron chi connectivity index (χ0n) is 21.3. The van der Waals surface area contributed by atoms with Gasteiger partial charge in [0.05, 0.1) is 18.4 Å². The minimum absolute atomic E-state index is 0.117. The number of hydrogen-bond acceptors (Lipinski definition) is 8. The first-order chi connectivity index (χ1) is 18.7. The van der Waals surface area contributed by atoms with E-state index in [2.05, 4.69) is 10.5 Å². The number of allylic oxidation sites excluding steroid dienone is 1. The van der Waals surface area contributed by atoms with Crippen LogP contribution in [-0.4, -0.2) is 67.2 Å². The molecule has 2 aliphatic rings. The molecule has 10 nitrogen and oxygen atoms in total. The van der Waals surface area contributed by atoms with Crippen molar-refractivity contribution in [2.75, 3.05) is 32.8 Å². The van der Waals surface area contributed by atoms with E-state index in [1.807, 2.05) is 6.07 Å². The van der Waals surface area contributed by atoms with Crippen molar-refractivity contribution < 1.29 is 33.4 Å². The van der Waals surface area contributed by atoms with Gasteiger partial charge in [0, 0.05) is 54.6 Å². The highest BCUT2D eigenvalue weighted by Crippen LogP contribution is 2.35. The smallest absolute Gasteiger partial charge is 0.251 e. The Bertz CT molecular complexity index is 1360. The fourth-order valence-corrected chi connectivity index (χ4v) is 4.58. The van der Waals surface area contributed by atoms with E-state index in [4.69, 9.17) is 31.6 Å². The molecule has 2 amide bonds. The second-order valence-electron chi connectivity index (χ2n) is 8.80. The summed E-state index contributed by atoms with van der Waals surface area (Å²) in [6.45, 7) is 0.659. The average molecular weight is 559 g/mol. The largest absolute Gasteiger partial charge is 0.495 e. The van der Waals surface area contributed by atoms with E-state index in [0.717, 1.165) is 17.3 Å². The Balaban J connectivity index is 1.65. The summed E-state index contributed by atoms with van der Waals surface area (Å²) in [6.07, 6.45) is 2.65. The lowest BCUT2D eigenvalue weighted by atomic mass is 9.92. The molecule has 0 bridgehead atoms. The standard InChI is InChI=1S/C27H28ClFN4O6/c1-37-9-8-23(27(36)31-16-4-6-18(26(30)35)21(29)12-16)33-14-24(38-2)20(13-25(33)34)19-11-15(28)3-5-17(19)22-7-10-39-32-22/h3-6,11-14,23,25,34H,7-10H2,1-2H3,(H2,30,35)(H,31,36). The first-order valence-electron chi connectivity index (χ1n) is 12.0. The van der Waals surface area contributed by atoms with Gasteiger partial charge < -0.3 is 35.4 Å². The summed E-state index contributed by atoms with van der Waals surface area (Å²) in [5, 5.41) is 18.4. The lowest BCUT2D eigenvalue weighted by molar-refractivity contribution is -0.123. The van der Waals surface area contributed by atoms with Gasteiger partial charge in [-0.05, 0) is 42.0 Å². The zero-order chi connectivity index (χ0) is 28.1. The van der Waals surface area contributed by atoms with E-state index in [1.165, 1.54) is 37.5 Å². The molecule has 2 unspecified atom stereocenters. The number of benzene rings is 2. The Morgan fingerprint density at radius 2 is 2.08 bits per heavy atom. The number of nitrogens with two attached hydrogens (primary N) is 1. The Kier molecular flexibility index (Phi) is 8.85. The molecule has 0 saturated carbocycles. The van der Waals surface area contributed by atoms with Crippen molar-refractivity contribution in [3.63, 3.8) is 0 Å². The van der Waals surface area contributed by atoms with Crippen molar-refractivity contribution in [2.24, 2.45) is 10.9 Å². The number of primary amides is 1. The second-order valence-corrected chi connectivity index (χ2v) is 9.23. The van der Waals surface area contributed by atoms with Gasteiger partial charge in [0.2, 0.25) is 5.91 Å². The van der Waals surface area contributed by atoms with Crippen LogP contribution in [0, 0.1) is 5.82 Å². The van der Waals surface area contributed by atoms with Gasteiger partial charge in [-0.25, -0.2) is 4.39 Å². The van der Waals surface area contributed by atoms with E-state index in [-0.39, 0.29) is 24.3 Å². The highest BCUT2D eigenvalue weighted by Gasteiger charge is 2.33. The number of hydrogen-bond donors (Lipinski definition) is 3. The normalized spacial score (nSPS) is 17.5. The van der Waals surface area contributed by atoms with Crippen LogP contribution in [0.15, 0.2) is 59.6 Å². The molecular weight excluding hydrogens is 531 g/mol. The maximum atomic E-state index is 14.3. The molecule has 0 spiro atoms. The van der Waals surface area contributed by atoms with E-state index in [9.17, 15) is 19.1 Å². The highest BCUT2D eigenvalue weighted by molar-refractivity contribution is 6.31. The number of nitrogens with one attached hydrogen (secondary N) is 1. The molecule has 0 saturated heterocycles. The van der Waals surface area contributed by atoms with Crippen molar-refractivity contribution in [3.05, 3.63) is 82.0 Å². The van der Waals surface area contributed by atoms with Gasteiger partial charge in [-0.3, -0.25) is 9.59 Å². The number of halogens is 2. The molecule has 0 aromatic heterocycles. The van der Waals surface area contributed by atoms with Gasteiger partial charge in [0.15, 0.2) is 0 Å². The van der Waals surface area contributed by atoms with Gasteiger partial charge in [-0.1, -0.05) is 22.8 Å². The molecule has 4 rings (SSSR count). The molecule has 2 heterocycles. The minimum Gasteiger partial charge on any atom is -0.495 e. The molecule has 2 aromatic rings. The molecule has 12 heteroatoms. The molecule has 0 aliphatic carbocycles. The van der Waals surface area contributed by atoms with Crippen LogP contribution < -0.4 is 11.1 Å². The summed E-state index contributed by atoms with van der Waals surface area (Å²) in [7, 11) is 2.97. The zero-order valence-corrected chi connectivity index (χ0v) is 22.1. The number of aliphatic hydroxyl groups excluding tert-OH is 1. The fraction of sp³-hybridized carbons (Fsp3) is 0.296. The topological polar surface area (TPSA) is 136 Å². The number of methoxy groups -OCH3 is 2. The Morgan fingerprint density at radius 3 is 2.72 bits per heavy atom. The van der Waals surface area contributed by atoms with Gasteiger partial charge in [-0.15, -0.1) is 0 Å². The van der Waals surface area contributed by atoms with Crippen molar-refractivity contribution in [1.82, 2.24) is 4.90 Å². The molecule has 0 fully saturated rings. The summed E-state index contributed by atoms with van der Waals surface area (Å²) >= 11 is 6.31. The van der Waals surface area contributed by atoms with Gasteiger partial charge in [-0.2, -0.15) is 0 Å². The molecule has 206 valence electrons. The first-order valence-corrected chi connectivity index (χ1v) is 12.4. The van der Waals surface area contributed by atoms with Gasteiger partial charge in [0.25, 0.3) is 5.91 Å². The lowest BCUT2D eigenvalue weighted by Crippen LogP contribution is -2.47. The van der Waals surface area contributed by atoms with Crippen molar-refractivity contribution in [3.8, 4) is 0 Å². The summed E-state index contributed by atoms with van der Waals surface area (Å²) in [4.78, 5) is 31.3. The van der Waals surface area contributed by atoms with Gasteiger partial charge in [0.1, 0.15) is 30.5 Å². The number of rotatable bonds is 10. The number of anilines is 1. The van der Waals surface area contributed by atoms with Crippen molar-refractivity contribution in [1.29, 1.82) is 0 Å². The highest BCUT2D eigenvalue weighted by atomic mass is 35.5. The first kappa shape index (κ1) is 28.1. The maximum absolute atomic E-state index is 14.3. The molecule has 4 N–H and O–H groups in total. The minimum atomic E-state index is -1.24.